The van der Waals surface area contributed by atoms with Gasteiger partial charge in [-0.05, 0) is 37.6 Å². The SMILES string of the molecule is COC(=O)C1=C(C)NC(C)=C(S(=O)(=O)c2ccccc2)C1c1ccccc1Cl. The fourth-order valence-corrected chi connectivity index (χ4v) is 5.47. The fraction of sp³-hybridized carbons (Fsp3) is 0.190. The van der Waals surface area contributed by atoms with Crippen molar-refractivity contribution >= 4 is 27.4 Å². The van der Waals surface area contributed by atoms with Crippen molar-refractivity contribution in [2.75, 3.05) is 7.11 Å². The summed E-state index contributed by atoms with van der Waals surface area (Å²) < 4.78 is 32.0. The van der Waals surface area contributed by atoms with Crippen LogP contribution in [0.1, 0.15) is 25.3 Å². The lowest BCUT2D eigenvalue weighted by molar-refractivity contribution is -0.136. The van der Waals surface area contributed by atoms with E-state index in [0.717, 1.165) is 0 Å². The van der Waals surface area contributed by atoms with Crippen LogP contribution in [0.15, 0.2) is 81.4 Å². The molecule has 3 rings (SSSR count). The molecule has 7 heteroatoms. The number of dihydropyridines is 1. The molecule has 1 heterocycles. The van der Waals surface area contributed by atoms with Crippen LogP contribution in [0.3, 0.4) is 0 Å². The molecule has 146 valence electrons. The predicted molar refractivity (Wildman–Crippen MR) is 108 cm³/mol. The summed E-state index contributed by atoms with van der Waals surface area (Å²) in [5.41, 5.74) is 1.72. The van der Waals surface area contributed by atoms with Gasteiger partial charge in [-0.2, -0.15) is 0 Å². The van der Waals surface area contributed by atoms with E-state index >= 15 is 0 Å². The van der Waals surface area contributed by atoms with Gasteiger partial charge in [-0.3, -0.25) is 0 Å². The van der Waals surface area contributed by atoms with Gasteiger partial charge in [0.05, 0.1) is 28.4 Å². The van der Waals surface area contributed by atoms with Crippen LogP contribution in [0.2, 0.25) is 5.02 Å². The highest BCUT2D eigenvalue weighted by atomic mass is 35.5. The molecular weight excluding hydrogens is 398 g/mol. The number of methoxy groups -OCH3 is 1. The maximum Gasteiger partial charge on any atom is 0.336 e. The molecule has 0 bridgehead atoms. The molecule has 0 saturated heterocycles. The lowest BCUT2D eigenvalue weighted by Crippen LogP contribution is -2.31. The molecule has 5 nitrogen and oxygen atoms in total. The van der Waals surface area contributed by atoms with Crippen molar-refractivity contribution in [1.82, 2.24) is 5.32 Å². The van der Waals surface area contributed by atoms with Crippen LogP contribution in [0.5, 0.6) is 0 Å². The van der Waals surface area contributed by atoms with Crippen molar-refractivity contribution in [3.63, 3.8) is 0 Å². The molecule has 1 unspecified atom stereocenters. The molecule has 0 aromatic heterocycles. The summed E-state index contributed by atoms with van der Waals surface area (Å²) in [4.78, 5) is 12.8. The zero-order valence-corrected chi connectivity index (χ0v) is 17.3. The third kappa shape index (κ3) is 3.45. The van der Waals surface area contributed by atoms with Crippen LogP contribution >= 0.6 is 11.6 Å². The number of carbonyl (C=O) groups is 1. The summed E-state index contributed by atoms with van der Waals surface area (Å²) in [5, 5.41) is 3.40. The summed E-state index contributed by atoms with van der Waals surface area (Å²) in [6.07, 6.45) is 0. The van der Waals surface area contributed by atoms with Crippen LogP contribution < -0.4 is 5.32 Å². The Morgan fingerprint density at radius 3 is 2.21 bits per heavy atom. The molecular formula is C21H20ClNO4S. The van der Waals surface area contributed by atoms with Crippen LogP contribution in [0.25, 0.3) is 0 Å². The van der Waals surface area contributed by atoms with Gasteiger partial charge < -0.3 is 10.1 Å². The number of esters is 1. The number of hydrogen-bond acceptors (Lipinski definition) is 5. The Labute approximate surface area is 169 Å². The normalized spacial score (nSPS) is 17.4. The lowest BCUT2D eigenvalue weighted by atomic mass is 9.86. The van der Waals surface area contributed by atoms with Crippen molar-refractivity contribution in [2.24, 2.45) is 0 Å². The van der Waals surface area contributed by atoms with Gasteiger partial charge in [0.2, 0.25) is 9.84 Å². The van der Waals surface area contributed by atoms with Crippen molar-refractivity contribution in [3.8, 4) is 0 Å². The van der Waals surface area contributed by atoms with Crippen LogP contribution in [-0.4, -0.2) is 21.5 Å². The fourth-order valence-electron chi connectivity index (χ4n) is 3.44. The first-order valence-corrected chi connectivity index (χ1v) is 10.5. The van der Waals surface area contributed by atoms with E-state index in [-0.39, 0.29) is 15.4 Å². The number of hydrogen-bond donors (Lipinski definition) is 1. The lowest BCUT2D eigenvalue weighted by Gasteiger charge is -2.31. The molecule has 0 saturated carbocycles. The maximum absolute atomic E-state index is 13.5. The standard InChI is InChI=1S/C21H20ClNO4S/c1-13-18(21(24)27-3)19(16-11-7-8-12-17(16)22)20(14(2)23-13)28(25,26)15-9-5-4-6-10-15/h4-12,19,23H,1-3H3. The molecule has 1 aliphatic heterocycles. The molecule has 2 aromatic carbocycles. The van der Waals surface area contributed by atoms with Crippen LogP contribution in [0, 0.1) is 0 Å². The van der Waals surface area contributed by atoms with E-state index in [9.17, 15) is 13.2 Å². The number of halogens is 1. The predicted octanol–water partition coefficient (Wildman–Crippen LogP) is 4.18. The summed E-state index contributed by atoms with van der Waals surface area (Å²) in [7, 11) is -2.64. The highest BCUT2D eigenvalue weighted by Crippen LogP contribution is 2.45. The number of nitrogens with one attached hydrogen (secondary N) is 1. The van der Waals surface area contributed by atoms with E-state index in [1.165, 1.54) is 19.2 Å². The minimum atomic E-state index is -3.91. The van der Waals surface area contributed by atoms with Crippen molar-refractivity contribution in [2.45, 2.75) is 24.7 Å². The number of rotatable bonds is 4. The number of sulfone groups is 1. The Balaban J connectivity index is 2.32. The van der Waals surface area contributed by atoms with Crippen molar-refractivity contribution in [1.29, 1.82) is 0 Å². The first-order chi connectivity index (χ1) is 13.3. The van der Waals surface area contributed by atoms with E-state index in [0.29, 0.717) is 22.0 Å². The van der Waals surface area contributed by atoms with Gasteiger partial charge in [0.15, 0.2) is 0 Å². The molecule has 0 amide bonds. The molecule has 1 aliphatic rings. The average molecular weight is 418 g/mol. The monoisotopic (exact) mass is 417 g/mol. The van der Waals surface area contributed by atoms with Crippen molar-refractivity contribution < 1.29 is 17.9 Å². The largest absolute Gasteiger partial charge is 0.466 e. The first-order valence-electron chi connectivity index (χ1n) is 8.60. The molecule has 1 atom stereocenters. The zero-order chi connectivity index (χ0) is 20.5. The molecule has 1 N–H and O–H groups in total. The quantitative estimate of drug-likeness (QED) is 0.755. The van der Waals surface area contributed by atoms with Gasteiger partial charge in [-0.25, -0.2) is 13.2 Å². The topological polar surface area (TPSA) is 72.5 Å². The Morgan fingerprint density at radius 2 is 1.61 bits per heavy atom. The van der Waals surface area contributed by atoms with Gasteiger partial charge in [-0.1, -0.05) is 48.0 Å². The van der Waals surface area contributed by atoms with Gasteiger partial charge in [0.25, 0.3) is 0 Å². The Kier molecular flexibility index (Phi) is 5.63. The Bertz CT molecular complexity index is 1090. The second-order valence-corrected chi connectivity index (χ2v) is 8.74. The highest BCUT2D eigenvalue weighted by molar-refractivity contribution is 7.95. The Morgan fingerprint density at radius 1 is 1.00 bits per heavy atom. The summed E-state index contributed by atoms with van der Waals surface area (Å²) in [5.74, 6) is -1.49. The molecule has 0 radical (unpaired) electrons. The molecule has 2 aromatic rings. The number of allylic oxidation sites excluding steroid dienone is 3. The third-order valence-corrected chi connectivity index (χ3v) is 7.02. The number of ether oxygens (including phenoxy) is 1. The second kappa shape index (κ2) is 7.81. The van der Waals surface area contributed by atoms with Crippen LogP contribution in [-0.2, 0) is 19.4 Å². The molecule has 0 fully saturated rings. The Hall–Kier alpha value is -2.57. The second-order valence-electron chi connectivity index (χ2n) is 6.42. The van der Waals surface area contributed by atoms with E-state index in [1.54, 1.807) is 56.3 Å². The van der Waals surface area contributed by atoms with E-state index in [4.69, 9.17) is 16.3 Å². The molecule has 0 spiro atoms. The summed E-state index contributed by atoms with van der Waals surface area (Å²) in [6, 6.07) is 15.0. The highest BCUT2D eigenvalue weighted by Gasteiger charge is 2.41. The van der Waals surface area contributed by atoms with Gasteiger partial charge in [0.1, 0.15) is 0 Å². The average Bonchev–Trinajstić information content (AvgIpc) is 2.67. The van der Waals surface area contributed by atoms with Gasteiger partial charge in [-0.15, -0.1) is 0 Å². The minimum absolute atomic E-state index is 0.0813. The summed E-state index contributed by atoms with van der Waals surface area (Å²) >= 11 is 6.42. The van der Waals surface area contributed by atoms with E-state index in [2.05, 4.69) is 5.32 Å². The number of benzene rings is 2. The smallest absolute Gasteiger partial charge is 0.336 e. The van der Waals surface area contributed by atoms with Crippen molar-refractivity contribution in [3.05, 3.63) is 87.1 Å². The third-order valence-electron chi connectivity index (χ3n) is 4.66. The summed E-state index contributed by atoms with van der Waals surface area (Å²) in [6.45, 7) is 3.39. The maximum atomic E-state index is 13.5. The van der Waals surface area contributed by atoms with Gasteiger partial charge in [0, 0.05) is 16.4 Å². The van der Waals surface area contributed by atoms with E-state index < -0.39 is 21.7 Å². The van der Waals surface area contributed by atoms with Crippen LogP contribution in [0.4, 0.5) is 0 Å². The van der Waals surface area contributed by atoms with Gasteiger partial charge >= 0.3 is 5.97 Å². The number of carbonyl (C=O) groups excluding carboxylic acids is 1. The van der Waals surface area contributed by atoms with E-state index in [1.807, 2.05) is 0 Å². The molecule has 28 heavy (non-hydrogen) atoms. The molecule has 0 aliphatic carbocycles. The zero-order valence-electron chi connectivity index (χ0n) is 15.7. The first kappa shape index (κ1) is 20.2. The minimum Gasteiger partial charge on any atom is -0.466 e.